The maximum atomic E-state index is 12.5. The molecule has 0 aliphatic carbocycles. The highest BCUT2D eigenvalue weighted by Crippen LogP contribution is 2.23. The summed E-state index contributed by atoms with van der Waals surface area (Å²) in [5.41, 5.74) is 4.81. The summed E-state index contributed by atoms with van der Waals surface area (Å²) in [6, 6.07) is 8.59. The van der Waals surface area contributed by atoms with E-state index in [2.05, 4.69) is 46.6 Å². The van der Waals surface area contributed by atoms with Gasteiger partial charge in [0.05, 0.1) is 29.3 Å². The molecule has 3 rings (SSSR count). The van der Waals surface area contributed by atoms with Gasteiger partial charge in [0, 0.05) is 25.7 Å². The van der Waals surface area contributed by atoms with Crippen LogP contribution in [0.4, 0.5) is 5.69 Å². The Morgan fingerprint density at radius 1 is 1.27 bits per heavy atom. The highest BCUT2D eigenvalue weighted by atomic mass is 35.5. The summed E-state index contributed by atoms with van der Waals surface area (Å²) in [7, 11) is 0. The molecule has 1 aliphatic rings. The van der Waals surface area contributed by atoms with Crippen LogP contribution < -0.4 is 10.6 Å². The zero-order chi connectivity index (χ0) is 18.0. The van der Waals surface area contributed by atoms with Crippen LogP contribution in [0, 0.1) is 20.8 Å². The van der Waals surface area contributed by atoms with Gasteiger partial charge < -0.3 is 10.6 Å². The molecule has 1 aromatic carbocycles. The molecule has 1 aliphatic heterocycles. The van der Waals surface area contributed by atoms with Crippen molar-refractivity contribution in [1.29, 1.82) is 0 Å². The maximum Gasteiger partial charge on any atom is 0.238 e. The molecule has 1 amide bonds. The van der Waals surface area contributed by atoms with Crippen molar-refractivity contribution in [2.24, 2.45) is 0 Å². The summed E-state index contributed by atoms with van der Waals surface area (Å²) in [6.45, 7) is 11.3. The van der Waals surface area contributed by atoms with Gasteiger partial charge in [-0.1, -0.05) is 17.7 Å². The number of aryl methyl sites for hydroxylation is 2. The summed E-state index contributed by atoms with van der Waals surface area (Å²) in [5, 5.41) is 11.0. The number of aromatic nitrogens is 2. The molecule has 0 radical (unpaired) electrons. The third-order valence-corrected chi connectivity index (χ3v) is 4.82. The lowest BCUT2D eigenvalue weighted by Crippen LogP contribution is -2.52. The second-order valence-electron chi connectivity index (χ2n) is 6.86. The van der Waals surface area contributed by atoms with Crippen molar-refractivity contribution in [1.82, 2.24) is 20.0 Å². The SMILES string of the molecule is Cc1ccc(-n2nc(C)c(NC(=O)CN3CCNC[C@H]3C)c2C)cc1.Cl. The standard InChI is InChI=1S/C19H27N5O.ClH/c1-13-5-7-17(8-6-13)24-16(4)19(15(3)22-24)21-18(25)12-23-10-9-20-11-14(23)2;/h5-8,14,20H,9-12H2,1-4H3,(H,21,25);1H/t14-;/m1./s1. The zero-order valence-corrected chi connectivity index (χ0v) is 16.7. The van der Waals surface area contributed by atoms with Gasteiger partial charge in [-0.3, -0.25) is 9.69 Å². The smallest absolute Gasteiger partial charge is 0.238 e. The number of rotatable bonds is 4. The lowest BCUT2D eigenvalue weighted by Gasteiger charge is -2.33. The van der Waals surface area contributed by atoms with Crippen molar-refractivity contribution < 1.29 is 4.79 Å². The molecule has 0 bridgehead atoms. The number of carbonyl (C=O) groups excluding carboxylic acids is 1. The molecule has 2 aromatic rings. The van der Waals surface area contributed by atoms with Crippen molar-refractivity contribution in [3.8, 4) is 5.69 Å². The molecule has 26 heavy (non-hydrogen) atoms. The van der Waals surface area contributed by atoms with Gasteiger partial charge in [0.2, 0.25) is 5.91 Å². The first-order valence-corrected chi connectivity index (χ1v) is 8.83. The average molecular weight is 378 g/mol. The van der Waals surface area contributed by atoms with Crippen molar-refractivity contribution in [2.45, 2.75) is 33.7 Å². The Bertz CT molecular complexity index is 756. The number of anilines is 1. The Hall–Kier alpha value is -1.89. The van der Waals surface area contributed by atoms with Crippen LogP contribution >= 0.6 is 12.4 Å². The van der Waals surface area contributed by atoms with Crippen LogP contribution in [0.5, 0.6) is 0 Å². The molecule has 2 heterocycles. The van der Waals surface area contributed by atoms with Gasteiger partial charge in [0.1, 0.15) is 0 Å². The molecule has 0 spiro atoms. The minimum absolute atomic E-state index is 0. The van der Waals surface area contributed by atoms with Crippen LogP contribution in [0.2, 0.25) is 0 Å². The first-order chi connectivity index (χ1) is 12.0. The monoisotopic (exact) mass is 377 g/mol. The molecular weight excluding hydrogens is 350 g/mol. The Morgan fingerprint density at radius 3 is 2.62 bits per heavy atom. The Labute approximate surface area is 161 Å². The van der Waals surface area contributed by atoms with E-state index in [0.29, 0.717) is 12.6 Å². The highest BCUT2D eigenvalue weighted by molar-refractivity contribution is 5.93. The van der Waals surface area contributed by atoms with Gasteiger partial charge >= 0.3 is 0 Å². The summed E-state index contributed by atoms with van der Waals surface area (Å²) in [5.74, 6) is 0.0170. The van der Waals surface area contributed by atoms with E-state index in [1.807, 2.05) is 30.7 Å². The van der Waals surface area contributed by atoms with E-state index >= 15 is 0 Å². The van der Waals surface area contributed by atoms with Gasteiger partial charge in [-0.05, 0) is 39.8 Å². The van der Waals surface area contributed by atoms with Crippen molar-refractivity contribution in [3.05, 3.63) is 41.2 Å². The molecule has 1 fully saturated rings. The Kier molecular flexibility index (Phi) is 6.81. The number of hydrogen-bond acceptors (Lipinski definition) is 4. The topological polar surface area (TPSA) is 62.2 Å². The summed E-state index contributed by atoms with van der Waals surface area (Å²) < 4.78 is 1.89. The lowest BCUT2D eigenvalue weighted by atomic mass is 10.2. The van der Waals surface area contributed by atoms with Crippen molar-refractivity contribution in [2.75, 3.05) is 31.5 Å². The molecule has 142 valence electrons. The first kappa shape index (κ1) is 20.4. The molecular formula is C19H28ClN5O. The minimum Gasteiger partial charge on any atom is -0.322 e. The largest absolute Gasteiger partial charge is 0.322 e. The number of halogens is 1. The third-order valence-electron chi connectivity index (χ3n) is 4.82. The van der Waals surface area contributed by atoms with Crippen LogP contribution in [0.3, 0.4) is 0 Å². The van der Waals surface area contributed by atoms with Gasteiger partial charge in [0.25, 0.3) is 0 Å². The molecule has 0 saturated carbocycles. The van der Waals surface area contributed by atoms with Crippen LogP contribution in [-0.2, 0) is 4.79 Å². The van der Waals surface area contributed by atoms with Crippen molar-refractivity contribution in [3.63, 3.8) is 0 Å². The fraction of sp³-hybridized carbons (Fsp3) is 0.474. The third kappa shape index (κ3) is 4.44. The first-order valence-electron chi connectivity index (χ1n) is 8.83. The number of nitrogens with zero attached hydrogens (tertiary/aromatic N) is 3. The molecule has 1 atom stereocenters. The molecule has 7 heteroatoms. The van der Waals surface area contributed by atoms with Gasteiger partial charge in [-0.25, -0.2) is 4.68 Å². The fourth-order valence-electron chi connectivity index (χ4n) is 3.24. The van der Waals surface area contributed by atoms with E-state index in [4.69, 9.17) is 0 Å². The van der Waals surface area contributed by atoms with Crippen LogP contribution in [-0.4, -0.2) is 52.8 Å². The quantitative estimate of drug-likeness (QED) is 0.859. The number of benzene rings is 1. The van der Waals surface area contributed by atoms with Crippen molar-refractivity contribution >= 4 is 24.0 Å². The fourth-order valence-corrected chi connectivity index (χ4v) is 3.24. The van der Waals surface area contributed by atoms with E-state index in [9.17, 15) is 4.79 Å². The summed E-state index contributed by atoms with van der Waals surface area (Å²) in [6.07, 6.45) is 0. The molecule has 0 unspecified atom stereocenters. The van der Waals surface area contributed by atoms with Gasteiger partial charge in [-0.2, -0.15) is 5.10 Å². The predicted molar refractivity (Wildman–Crippen MR) is 108 cm³/mol. The van der Waals surface area contributed by atoms with E-state index in [-0.39, 0.29) is 18.3 Å². The number of carbonyl (C=O) groups is 1. The second kappa shape index (κ2) is 8.66. The number of nitrogens with one attached hydrogen (secondary N) is 2. The highest BCUT2D eigenvalue weighted by Gasteiger charge is 2.22. The summed E-state index contributed by atoms with van der Waals surface area (Å²) in [4.78, 5) is 14.7. The van der Waals surface area contributed by atoms with E-state index in [1.165, 1.54) is 5.56 Å². The molecule has 6 nitrogen and oxygen atoms in total. The predicted octanol–water partition coefficient (Wildman–Crippen LogP) is 2.45. The average Bonchev–Trinajstić information content (AvgIpc) is 2.86. The van der Waals surface area contributed by atoms with Gasteiger partial charge in [-0.15, -0.1) is 12.4 Å². The van der Waals surface area contributed by atoms with Crippen LogP contribution in [0.1, 0.15) is 23.9 Å². The minimum atomic E-state index is 0. The molecule has 1 aromatic heterocycles. The maximum absolute atomic E-state index is 12.5. The number of amides is 1. The number of hydrogen-bond donors (Lipinski definition) is 2. The van der Waals surface area contributed by atoms with E-state index in [0.717, 1.165) is 42.4 Å². The van der Waals surface area contributed by atoms with Gasteiger partial charge in [0.15, 0.2) is 0 Å². The normalized spacial score (nSPS) is 17.6. The molecule has 2 N–H and O–H groups in total. The Morgan fingerprint density at radius 2 is 1.96 bits per heavy atom. The Balaban J connectivity index is 0.00000243. The van der Waals surface area contributed by atoms with E-state index in [1.54, 1.807) is 0 Å². The van der Waals surface area contributed by atoms with E-state index < -0.39 is 0 Å². The second-order valence-corrected chi connectivity index (χ2v) is 6.86. The van der Waals surface area contributed by atoms with Crippen LogP contribution in [0.15, 0.2) is 24.3 Å². The number of piperazine rings is 1. The summed E-state index contributed by atoms with van der Waals surface area (Å²) >= 11 is 0. The molecule has 1 saturated heterocycles. The zero-order valence-electron chi connectivity index (χ0n) is 15.9. The lowest BCUT2D eigenvalue weighted by molar-refractivity contribution is -0.118. The van der Waals surface area contributed by atoms with Crippen LogP contribution in [0.25, 0.3) is 5.69 Å².